The molecule has 3 rings (SSSR count). The van der Waals surface area contributed by atoms with Gasteiger partial charge in [-0.25, -0.2) is 0 Å². The third kappa shape index (κ3) is 1.65. The zero-order valence-corrected chi connectivity index (χ0v) is 9.89. The molecule has 4 heteroatoms. The maximum atomic E-state index is 4.34. The minimum atomic E-state index is 0.420. The van der Waals surface area contributed by atoms with Gasteiger partial charge in [-0.15, -0.1) is 10.2 Å². The molecule has 2 heterocycles. The lowest BCUT2D eigenvalue weighted by Crippen LogP contribution is -2.22. The van der Waals surface area contributed by atoms with Crippen molar-refractivity contribution in [1.82, 2.24) is 20.1 Å². The number of nitrogens with one attached hydrogen (secondary N) is 1. The van der Waals surface area contributed by atoms with Gasteiger partial charge in [0.15, 0.2) is 5.82 Å². The highest BCUT2D eigenvalue weighted by molar-refractivity contribution is 5.02. The summed E-state index contributed by atoms with van der Waals surface area (Å²) in [4.78, 5) is 0. The van der Waals surface area contributed by atoms with Crippen LogP contribution in [0, 0.1) is 5.92 Å². The predicted molar refractivity (Wildman–Crippen MR) is 62.1 cm³/mol. The number of rotatable bonds is 2. The average molecular weight is 220 g/mol. The van der Waals surface area contributed by atoms with Crippen LogP contribution in [-0.4, -0.2) is 21.3 Å². The summed E-state index contributed by atoms with van der Waals surface area (Å²) < 4.78 is 2.33. The molecule has 1 aromatic rings. The van der Waals surface area contributed by atoms with Gasteiger partial charge < -0.3 is 9.88 Å². The molecule has 0 radical (unpaired) electrons. The van der Waals surface area contributed by atoms with Crippen LogP contribution in [0.5, 0.6) is 0 Å². The average Bonchev–Trinajstić information content (AvgIpc) is 2.95. The van der Waals surface area contributed by atoms with Gasteiger partial charge in [0.25, 0.3) is 0 Å². The quantitative estimate of drug-likeness (QED) is 0.829. The van der Waals surface area contributed by atoms with Gasteiger partial charge in [0.05, 0.1) is 6.04 Å². The maximum absolute atomic E-state index is 4.34. The fraction of sp³-hybridized carbons (Fsp3) is 0.833. The SMILES string of the molecule is CC1CCNC1c1nncn1C1CCCC1. The van der Waals surface area contributed by atoms with E-state index in [1.807, 2.05) is 6.33 Å². The minimum absolute atomic E-state index is 0.420. The molecule has 2 unspecified atom stereocenters. The van der Waals surface area contributed by atoms with E-state index in [9.17, 15) is 0 Å². The summed E-state index contributed by atoms with van der Waals surface area (Å²) in [5.41, 5.74) is 0. The smallest absolute Gasteiger partial charge is 0.150 e. The Kier molecular flexibility index (Phi) is 2.67. The Hall–Kier alpha value is -0.900. The van der Waals surface area contributed by atoms with Crippen molar-refractivity contribution in [3.63, 3.8) is 0 Å². The summed E-state index contributed by atoms with van der Waals surface area (Å²) in [6.45, 7) is 3.42. The first-order valence-electron chi connectivity index (χ1n) is 6.49. The third-order valence-corrected chi connectivity index (χ3v) is 4.13. The summed E-state index contributed by atoms with van der Waals surface area (Å²) in [5.74, 6) is 1.85. The Morgan fingerprint density at radius 2 is 2.12 bits per heavy atom. The van der Waals surface area contributed by atoms with Crippen molar-refractivity contribution in [2.75, 3.05) is 6.54 Å². The van der Waals surface area contributed by atoms with Crippen molar-refractivity contribution in [1.29, 1.82) is 0 Å². The normalized spacial score (nSPS) is 31.3. The van der Waals surface area contributed by atoms with Crippen molar-refractivity contribution in [2.24, 2.45) is 5.92 Å². The monoisotopic (exact) mass is 220 g/mol. The highest BCUT2D eigenvalue weighted by Gasteiger charge is 2.30. The van der Waals surface area contributed by atoms with Gasteiger partial charge in [-0.1, -0.05) is 19.8 Å². The summed E-state index contributed by atoms with van der Waals surface area (Å²) in [7, 11) is 0. The van der Waals surface area contributed by atoms with Gasteiger partial charge in [0.1, 0.15) is 6.33 Å². The zero-order chi connectivity index (χ0) is 11.0. The van der Waals surface area contributed by atoms with Crippen LogP contribution >= 0.6 is 0 Å². The summed E-state index contributed by atoms with van der Waals surface area (Å²) in [6.07, 6.45) is 8.49. The second kappa shape index (κ2) is 4.17. The van der Waals surface area contributed by atoms with E-state index < -0.39 is 0 Å². The van der Waals surface area contributed by atoms with Gasteiger partial charge in [0, 0.05) is 6.04 Å². The van der Waals surface area contributed by atoms with E-state index in [4.69, 9.17) is 0 Å². The second-order valence-electron chi connectivity index (χ2n) is 5.23. The summed E-state index contributed by atoms with van der Waals surface area (Å²) in [5, 5.41) is 12.0. The van der Waals surface area contributed by atoms with Crippen molar-refractivity contribution >= 4 is 0 Å². The van der Waals surface area contributed by atoms with Crippen LogP contribution in [-0.2, 0) is 0 Å². The first kappa shape index (κ1) is 10.3. The standard InChI is InChI=1S/C12H20N4/c1-9-6-7-13-11(9)12-15-14-8-16(12)10-4-2-3-5-10/h8-11,13H,2-7H2,1H3. The van der Waals surface area contributed by atoms with Gasteiger partial charge in [-0.2, -0.15) is 0 Å². The van der Waals surface area contributed by atoms with Crippen molar-refractivity contribution in [3.8, 4) is 0 Å². The van der Waals surface area contributed by atoms with Gasteiger partial charge in [0.2, 0.25) is 0 Å². The molecular formula is C12H20N4. The Balaban J connectivity index is 1.86. The first-order valence-corrected chi connectivity index (χ1v) is 6.49. The highest BCUT2D eigenvalue weighted by atomic mass is 15.3. The van der Waals surface area contributed by atoms with Gasteiger partial charge >= 0.3 is 0 Å². The molecule has 1 aliphatic heterocycles. The molecule has 1 aliphatic carbocycles. The largest absolute Gasteiger partial charge is 0.313 e. The Bertz CT molecular complexity index is 354. The molecule has 2 aliphatic rings. The Morgan fingerprint density at radius 1 is 1.31 bits per heavy atom. The molecule has 1 aromatic heterocycles. The van der Waals surface area contributed by atoms with Crippen LogP contribution < -0.4 is 5.32 Å². The third-order valence-electron chi connectivity index (χ3n) is 4.13. The predicted octanol–water partition coefficient (Wildman–Crippen LogP) is 2.06. The van der Waals surface area contributed by atoms with E-state index in [1.54, 1.807) is 0 Å². The van der Waals surface area contributed by atoms with Crippen molar-refractivity contribution in [3.05, 3.63) is 12.2 Å². The van der Waals surface area contributed by atoms with E-state index in [2.05, 4.69) is 27.0 Å². The molecule has 0 aromatic carbocycles. The fourth-order valence-electron chi connectivity index (χ4n) is 3.12. The topological polar surface area (TPSA) is 42.7 Å². The molecular weight excluding hydrogens is 200 g/mol. The molecule has 2 atom stereocenters. The number of aromatic nitrogens is 3. The maximum Gasteiger partial charge on any atom is 0.150 e. The van der Waals surface area contributed by atoms with Crippen LogP contribution in [0.1, 0.15) is 56.9 Å². The molecule has 0 spiro atoms. The van der Waals surface area contributed by atoms with Crippen molar-refractivity contribution < 1.29 is 0 Å². The lowest BCUT2D eigenvalue weighted by atomic mass is 10.0. The van der Waals surface area contributed by atoms with Crippen LogP contribution in [0.15, 0.2) is 6.33 Å². The molecule has 1 N–H and O–H groups in total. The van der Waals surface area contributed by atoms with Gasteiger partial charge in [-0.05, 0) is 31.7 Å². The molecule has 0 amide bonds. The Morgan fingerprint density at radius 3 is 2.81 bits per heavy atom. The van der Waals surface area contributed by atoms with E-state index in [-0.39, 0.29) is 0 Å². The van der Waals surface area contributed by atoms with E-state index >= 15 is 0 Å². The van der Waals surface area contributed by atoms with E-state index in [0.29, 0.717) is 18.0 Å². The molecule has 4 nitrogen and oxygen atoms in total. The summed E-state index contributed by atoms with van der Waals surface area (Å²) >= 11 is 0. The molecule has 2 fully saturated rings. The molecule has 16 heavy (non-hydrogen) atoms. The second-order valence-corrected chi connectivity index (χ2v) is 5.23. The van der Waals surface area contributed by atoms with Crippen LogP contribution in [0.2, 0.25) is 0 Å². The van der Waals surface area contributed by atoms with E-state index in [1.165, 1.54) is 32.1 Å². The number of hydrogen-bond acceptors (Lipinski definition) is 3. The first-order chi connectivity index (χ1) is 7.86. The number of nitrogens with zero attached hydrogens (tertiary/aromatic N) is 3. The highest BCUT2D eigenvalue weighted by Crippen LogP contribution is 2.34. The van der Waals surface area contributed by atoms with E-state index in [0.717, 1.165) is 12.4 Å². The lowest BCUT2D eigenvalue weighted by Gasteiger charge is -2.19. The van der Waals surface area contributed by atoms with Crippen LogP contribution in [0.25, 0.3) is 0 Å². The molecule has 0 bridgehead atoms. The van der Waals surface area contributed by atoms with Crippen LogP contribution in [0.3, 0.4) is 0 Å². The van der Waals surface area contributed by atoms with Crippen molar-refractivity contribution in [2.45, 2.75) is 51.1 Å². The Labute approximate surface area is 96.4 Å². The molecule has 1 saturated heterocycles. The summed E-state index contributed by atoms with van der Waals surface area (Å²) in [6, 6.07) is 1.07. The van der Waals surface area contributed by atoms with Crippen LogP contribution in [0.4, 0.5) is 0 Å². The lowest BCUT2D eigenvalue weighted by molar-refractivity contribution is 0.419. The molecule has 1 saturated carbocycles. The molecule has 88 valence electrons. The fourth-order valence-corrected chi connectivity index (χ4v) is 3.12. The van der Waals surface area contributed by atoms with Gasteiger partial charge in [-0.3, -0.25) is 0 Å². The minimum Gasteiger partial charge on any atom is -0.313 e. The number of hydrogen-bond donors (Lipinski definition) is 1. The zero-order valence-electron chi connectivity index (χ0n) is 9.89.